The SMILES string of the molecule is CN1CCN(c2cc(F)cc(F)c2)C(C)(C)C1. The number of anilines is 1. The number of likely N-dealkylation sites (N-methyl/N-ethyl adjacent to an activating group) is 1. The van der Waals surface area contributed by atoms with E-state index >= 15 is 0 Å². The third-order valence-corrected chi connectivity index (χ3v) is 3.25. The first-order valence-corrected chi connectivity index (χ1v) is 5.81. The van der Waals surface area contributed by atoms with Crippen molar-refractivity contribution >= 4 is 5.69 Å². The van der Waals surface area contributed by atoms with Crippen molar-refractivity contribution in [3.63, 3.8) is 0 Å². The summed E-state index contributed by atoms with van der Waals surface area (Å²) in [5, 5.41) is 0. The van der Waals surface area contributed by atoms with Gasteiger partial charge in [-0.2, -0.15) is 0 Å². The molecule has 0 aromatic heterocycles. The number of rotatable bonds is 1. The molecule has 0 amide bonds. The molecule has 0 spiro atoms. The van der Waals surface area contributed by atoms with Crippen LogP contribution in [-0.4, -0.2) is 37.1 Å². The minimum Gasteiger partial charge on any atom is -0.364 e. The predicted octanol–water partition coefficient (Wildman–Crippen LogP) is 2.50. The van der Waals surface area contributed by atoms with Gasteiger partial charge in [0, 0.05) is 36.9 Å². The van der Waals surface area contributed by atoms with E-state index in [1.807, 2.05) is 0 Å². The smallest absolute Gasteiger partial charge is 0.128 e. The Kier molecular flexibility index (Phi) is 3.08. The summed E-state index contributed by atoms with van der Waals surface area (Å²) in [4.78, 5) is 4.30. The Morgan fingerprint density at radius 3 is 2.18 bits per heavy atom. The highest BCUT2D eigenvalue weighted by Gasteiger charge is 2.32. The van der Waals surface area contributed by atoms with Gasteiger partial charge in [-0.05, 0) is 33.0 Å². The molecule has 0 N–H and O–H groups in total. The van der Waals surface area contributed by atoms with Gasteiger partial charge in [0.25, 0.3) is 0 Å². The minimum atomic E-state index is -0.519. The van der Waals surface area contributed by atoms with E-state index in [-0.39, 0.29) is 5.54 Å². The van der Waals surface area contributed by atoms with Gasteiger partial charge < -0.3 is 9.80 Å². The highest BCUT2D eigenvalue weighted by Crippen LogP contribution is 2.28. The molecule has 1 aromatic rings. The quantitative estimate of drug-likeness (QED) is 0.744. The van der Waals surface area contributed by atoms with Crippen LogP contribution in [0, 0.1) is 11.6 Å². The van der Waals surface area contributed by atoms with Crippen LogP contribution in [0.2, 0.25) is 0 Å². The van der Waals surface area contributed by atoms with Crippen molar-refractivity contribution < 1.29 is 8.78 Å². The molecule has 1 saturated heterocycles. The maximum atomic E-state index is 13.2. The van der Waals surface area contributed by atoms with Crippen molar-refractivity contribution in [3.05, 3.63) is 29.8 Å². The van der Waals surface area contributed by atoms with Gasteiger partial charge in [-0.15, -0.1) is 0 Å². The average molecular weight is 240 g/mol. The molecule has 0 aliphatic carbocycles. The third kappa shape index (κ3) is 2.57. The maximum absolute atomic E-state index is 13.2. The highest BCUT2D eigenvalue weighted by molar-refractivity contribution is 5.50. The number of piperazine rings is 1. The van der Waals surface area contributed by atoms with Gasteiger partial charge in [0.2, 0.25) is 0 Å². The third-order valence-electron chi connectivity index (χ3n) is 3.25. The topological polar surface area (TPSA) is 6.48 Å². The first-order chi connectivity index (χ1) is 7.88. The molecule has 2 rings (SSSR count). The standard InChI is InChI=1S/C13H18F2N2/c1-13(2)9-16(3)4-5-17(13)12-7-10(14)6-11(15)8-12/h6-8H,4-5,9H2,1-3H3. The Morgan fingerprint density at radius 2 is 1.65 bits per heavy atom. The number of nitrogens with zero attached hydrogens (tertiary/aromatic N) is 2. The average Bonchev–Trinajstić information content (AvgIpc) is 2.13. The van der Waals surface area contributed by atoms with Gasteiger partial charge in [0.15, 0.2) is 0 Å². The van der Waals surface area contributed by atoms with Crippen LogP contribution in [0.15, 0.2) is 18.2 Å². The summed E-state index contributed by atoms with van der Waals surface area (Å²) in [5.74, 6) is -1.04. The zero-order valence-electron chi connectivity index (χ0n) is 10.5. The van der Waals surface area contributed by atoms with Crippen molar-refractivity contribution in [2.24, 2.45) is 0 Å². The van der Waals surface area contributed by atoms with Gasteiger partial charge in [-0.3, -0.25) is 0 Å². The Labute approximate surface area is 101 Å². The van der Waals surface area contributed by atoms with E-state index in [9.17, 15) is 8.78 Å². The fraction of sp³-hybridized carbons (Fsp3) is 0.538. The second kappa shape index (κ2) is 4.26. The lowest BCUT2D eigenvalue weighted by Gasteiger charge is -2.47. The van der Waals surface area contributed by atoms with Crippen LogP contribution in [-0.2, 0) is 0 Å². The summed E-state index contributed by atoms with van der Waals surface area (Å²) in [7, 11) is 2.06. The van der Waals surface area contributed by atoms with E-state index in [1.54, 1.807) is 0 Å². The molecule has 0 bridgehead atoms. The molecule has 1 heterocycles. The molecule has 4 heteroatoms. The number of benzene rings is 1. The van der Waals surface area contributed by atoms with Crippen molar-refractivity contribution in [2.45, 2.75) is 19.4 Å². The van der Waals surface area contributed by atoms with Gasteiger partial charge in [0.1, 0.15) is 11.6 Å². The fourth-order valence-corrected chi connectivity index (χ4v) is 2.57. The minimum absolute atomic E-state index is 0.118. The largest absolute Gasteiger partial charge is 0.364 e. The maximum Gasteiger partial charge on any atom is 0.128 e. The summed E-state index contributed by atoms with van der Waals surface area (Å²) < 4.78 is 26.5. The zero-order valence-corrected chi connectivity index (χ0v) is 10.5. The molecule has 1 aromatic carbocycles. The molecule has 1 fully saturated rings. The van der Waals surface area contributed by atoms with Crippen LogP contribution in [0.1, 0.15) is 13.8 Å². The Morgan fingerprint density at radius 1 is 1.06 bits per heavy atom. The van der Waals surface area contributed by atoms with Crippen LogP contribution in [0.3, 0.4) is 0 Å². The molecular formula is C13H18F2N2. The van der Waals surface area contributed by atoms with Crippen LogP contribution in [0.5, 0.6) is 0 Å². The van der Waals surface area contributed by atoms with Crippen LogP contribution >= 0.6 is 0 Å². The summed E-state index contributed by atoms with van der Waals surface area (Å²) in [5.41, 5.74) is 0.508. The summed E-state index contributed by atoms with van der Waals surface area (Å²) >= 11 is 0. The molecule has 0 saturated carbocycles. The van der Waals surface area contributed by atoms with E-state index in [1.165, 1.54) is 12.1 Å². The normalized spacial score (nSPS) is 20.6. The van der Waals surface area contributed by atoms with E-state index in [2.05, 4.69) is 30.7 Å². The molecule has 17 heavy (non-hydrogen) atoms. The lowest BCUT2D eigenvalue weighted by atomic mass is 9.98. The molecule has 0 radical (unpaired) electrons. The monoisotopic (exact) mass is 240 g/mol. The summed E-state index contributed by atoms with van der Waals surface area (Å²) in [6, 6.07) is 3.71. The number of hydrogen-bond acceptors (Lipinski definition) is 2. The first kappa shape index (κ1) is 12.3. The highest BCUT2D eigenvalue weighted by atomic mass is 19.1. The first-order valence-electron chi connectivity index (χ1n) is 5.81. The molecule has 0 atom stereocenters. The lowest BCUT2D eigenvalue weighted by molar-refractivity contribution is 0.218. The number of halogens is 2. The van der Waals surface area contributed by atoms with Crippen LogP contribution < -0.4 is 4.90 Å². The van der Waals surface area contributed by atoms with E-state index in [0.29, 0.717) is 5.69 Å². The second-order valence-corrected chi connectivity index (χ2v) is 5.33. The van der Waals surface area contributed by atoms with E-state index in [4.69, 9.17) is 0 Å². The Hall–Kier alpha value is -1.16. The Bertz CT molecular complexity index is 398. The van der Waals surface area contributed by atoms with E-state index in [0.717, 1.165) is 25.7 Å². The Balaban J connectivity index is 2.32. The molecule has 1 aliphatic heterocycles. The van der Waals surface area contributed by atoms with Gasteiger partial charge >= 0.3 is 0 Å². The van der Waals surface area contributed by atoms with Crippen molar-refractivity contribution in [1.82, 2.24) is 4.90 Å². The lowest BCUT2D eigenvalue weighted by Crippen LogP contribution is -2.58. The van der Waals surface area contributed by atoms with Gasteiger partial charge in [-0.1, -0.05) is 0 Å². The van der Waals surface area contributed by atoms with Crippen molar-refractivity contribution in [2.75, 3.05) is 31.6 Å². The molecular weight excluding hydrogens is 222 g/mol. The molecule has 0 unspecified atom stereocenters. The van der Waals surface area contributed by atoms with Crippen LogP contribution in [0.25, 0.3) is 0 Å². The molecule has 94 valence electrons. The van der Waals surface area contributed by atoms with Crippen molar-refractivity contribution in [1.29, 1.82) is 0 Å². The van der Waals surface area contributed by atoms with Gasteiger partial charge in [0.05, 0.1) is 0 Å². The van der Waals surface area contributed by atoms with Crippen molar-refractivity contribution in [3.8, 4) is 0 Å². The number of hydrogen-bond donors (Lipinski definition) is 0. The predicted molar refractivity (Wildman–Crippen MR) is 65.3 cm³/mol. The summed E-state index contributed by atoms with van der Waals surface area (Å²) in [6.45, 7) is 6.75. The summed E-state index contributed by atoms with van der Waals surface area (Å²) in [6.07, 6.45) is 0. The molecule has 1 aliphatic rings. The second-order valence-electron chi connectivity index (χ2n) is 5.33. The molecule has 2 nitrogen and oxygen atoms in total. The van der Waals surface area contributed by atoms with Crippen LogP contribution in [0.4, 0.5) is 14.5 Å². The van der Waals surface area contributed by atoms with Gasteiger partial charge in [-0.25, -0.2) is 8.78 Å². The zero-order chi connectivity index (χ0) is 12.6. The fourth-order valence-electron chi connectivity index (χ4n) is 2.57. The van der Waals surface area contributed by atoms with E-state index < -0.39 is 11.6 Å².